The van der Waals surface area contributed by atoms with Crippen LogP contribution in [0.4, 0.5) is 5.69 Å². The van der Waals surface area contributed by atoms with Gasteiger partial charge in [-0.25, -0.2) is 0 Å². The number of ether oxygens (including phenoxy) is 2. The van der Waals surface area contributed by atoms with Crippen LogP contribution in [-0.2, 0) is 11.4 Å². The summed E-state index contributed by atoms with van der Waals surface area (Å²) < 4.78 is 11.3. The maximum Gasteiger partial charge on any atom is 0.224 e. The Kier molecular flexibility index (Phi) is 5.63. The average Bonchev–Trinajstić information content (AvgIpc) is 2.54. The molecule has 0 aromatic heterocycles. The molecule has 0 atom stereocenters. The van der Waals surface area contributed by atoms with Crippen molar-refractivity contribution in [3.8, 4) is 11.5 Å². The van der Waals surface area contributed by atoms with Crippen LogP contribution >= 0.6 is 0 Å². The summed E-state index contributed by atoms with van der Waals surface area (Å²) in [6.07, 6.45) is 0.412. The van der Waals surface area contributed by atoms with E-state index in [2.05, 4.69) is 18.3 Å². The van der Waals surface area contributed by atoms with Gasteiger partial charge in [-0.15, -0.1) is 0 Å². The molecule has 0 aliphatic rings. The molecule has 2 rings (SSSR count). The molecule has 0 aliphatic heterocycles. The first kappa shape index (κ1) is 16.9. The molecule has 0 bridgehead atoms. The Hall–Kier alpha value is -2.49. The molecule has 2 aromatic rings. The number of hydrogen-bond acceptors (Lipinski definition) is 3. The van der Waals surface area contributed by atoms with Crippen LogP contribution in [0.5, 0.6) is 11.5 Å². The number of benzene rings is 2. The summed E-state index contributed by atoms with van der Waals surface area (Å²) in [5.41, 5.74) is 3.84. The molecular weight excluding hydrogens is 290 g/mol. The van der Waals surface area contributed by atoms with Gasteiger partial charge in [0.2, 0.25) is 5.91 Å². The van der Waals surface area contributed by atoms with Crippen molar-refractivity contribution in [3.05, 3.63) is 53.1 Å². The fourth-order valence-electron chi connectivity index (χ4n) is 2.35. The molecule has 0 heterocycles. The lowest BCUT2D eigenvalue weighted by Gasteiger charge is -2.16. The van der Waals surface area contributed by atoms with Crippen molar-refractivity contribution in [3.63, 3.8) is 0 Å². The first-order chi connectivity index (χ1) is 11.0. The molecule has 0 saturated heterocycles. The highest BCUT2D eigenvalue weighted by atomic mass is 16.5. The Labute approximate surface area is 137 Å². The molecule has 2 aromatic carbocycles. The minimum absolute atomic E-state index is 0.0535. The van der Waals surface area contributed by atoms with Gasteiger partial charge in [-0.2, -0.15) is 0 Å². The Bertz CT molecular complexity index is 695. The minimum Gasteiger partial charge on any atom is -0.495 e. The van der Waals surface area contributed by atoms with Crippen LogP contribution in [0.15, 0.2) is 36.4 Å². The third-order valence-corrected chi connectivity index (χ3v) is 3.63. The van der Waals surface area contributed by atoms with Crippen LogP contribution in [0.3, 0.4) is 0 Å². The number of rotatable bonds is 6. The van der Waals surface area contributed by atoms with Gasteiger partial charge < -0.3 is 14.8 Å². The van der Waals surface area contributed by atoms with E-state index in [1.165, 1.54) is 5.56 Å². The zero-order chi connectivity index (χ0) is 16.8. The standard InChI is InChI=1S/C19H23NO3/c1-5-18(21)20-19-15(7-6-8-17(19)22-4)12-23-16-10-9-13(2)11-14(16)3/h6-11H,5,12H2,1-4H3,(H,20,21). The smallest absolute Gasteiger partial charge is 0.224 e. The fraction of sp³-hybridized carbons (Fsp3) is 0.316. The van der Waals surface area contributed by atoms with Crippen LogP contribution in [0.1, 0.15) is 30.0 Å². The van der Waals surface area contributed by atoms with Crippen LogP contribution in [0.25, 0.3) is 0 Å². The summed E-state index contributed by atoms with van der Waals surface area (Å²) in [7, 11) is 1.59. The molecule has 4 nitrogen and oxygen atoms in total. The topological polar surface area (TPSA) is 47.6 Å². The van der Waals surface area contributed by atoms with Crippen LogP contribution in [-0.4, -0.2) is 13.0 Å². The lowest BCUT2D eigenvalue weighted by molar-refractivity contribution is -0.115. The number of hydrogen-bond donors (Lipinski definition) is 1. The number of methoxy groups -OCH3 is 1. The second-order valence-electron chi connectivity index (χ2n) is 5.45. The van der Waals surface area contributed by atoms with Crippen LogP contribution in [0, 0.1) is 13.8 Å². The molecular formula is C19H23NO3. The monoisotopic (exact) mass is 313 g/mol. The van der Waals surface area contributed by atoms with Crippen LogP contribution in [0.2, 0.25) is 0 Å². The largest absolute Gasteiger partial charge is 0.495 e. The van der Waals surface area contributed by atoms with Crippen LogP contribution < -0.4 is 14.8 Å². The van der Waals surface area contributed by atoms with E-state index in [1.807, 2.05) is 44.2 Å². The third-order valence-electron chi connectivity index (χ3n) is 3.63. The van der Waals surface area contributed by atoms with Crippen molar-refractivity contribution in [2.75, 3.05) is 12.4 Å². The molecule has 122 valence electrons. The molecule has 1 amide bonds. The van der Waals surface area contributed by atoms with E-state index in [0.29, 0.717) is 24.5 Å². The lowest BCUT2D eigenvalue weighted by atomic mass is 10.1. The molecule has 0 unspecified atom stereocenters. The fourth-order valence-corrected chi connectivity index (χ4v) is 2.35. The van der Waals surface area contributed by atoms with E-state index in [9.17, 15) is 4.79 Å². The SMILES string of the molecule is CCC(=O)Nc1c(COc2ccc(C)cc2C)cccc1OC. The Balaban J connectivity index is 2.23. The zero-order valence-corrected chi connectivity index (χ0v) is 14.1. The van der Waals surface area contributed by atoms with Crippen molar-refractivity contribution in [2.24, 2.45) is 0 Å². The van der Waals surface area contributed by atoms with Gasteiger partial charge in [-0.05, 0) is 31.5 Å². The van der Waals surface area contributed by atoms with Gasteiger partial charge in [0.05, 0.1) is 12.8 Å². The van der Waals surface area contributed by atoms with Crippen molar-refractivity contribution in [1.82, 2.24) is 0 Å². The van der Waals surface area contributed by atoms with Crippen molar-refractivity contribution in [2.45, 2.75) is 33.8 Å². The van der Waals surface area contributed by atoms with Crippen molar-refractivity contribution < 1.29 is 14.3 Å². The highest BCUT2D eigenvalue weighted by molar-refractivity contribution is 5.93. The molecule has 0 aliphatic carbocycles. The number of carbonyl (C=O) groups excluding carboxylic acids is 1. The maximum absolute atomic E-state index is 11.8. The highest BCUT2D eigenvalue weighted by Crippen LogP contribution is 2.30. The summed E-state index contributed by atoms with van der Waals surface area (Å²) in [4.78, 5) is 11.8. The van der Waals surface area contributed by atoms with Gasteiger partial charge in [0.15, 0.2) is 0 Å². The van der Waals surface area contributed by atoms with Crippen molar-refractivity contribution >= 4 is 11.6 Å². The van der Waals surface area contributed by atoms with Gasteiger partial charge >= 0.3 is 0 Å². The van der Waals surface area contributed by atoms with E-state index >= 15 is 0 Å². The number of para-hydroxylation sites is 1. The predicted octanol–water partition coefficient (Wildman–Crippen LogP) is 4.24. The Morgan fingerprint density at radius 3 is 2.57 bits per heavy atom. The van der Waals surface area contributed by atoms with Gasteiger partial charge in [0.25, 0.3) is 0 Å². The predicted molar refractivity (Wildman–Crippen MR) is 92.2 cm³/mol. The van der Waals surface area contributed by atoms with Gasteiger partial charge in [-0.3, -0.25) is 4.79 Å². The number of nitrogens with one attached hydrogen (secondary N) is 1. The Morgan fingerprint density at radius 1 is 1.13 bits per heavy atom. The third kappa shape index (κ3) is 4.25. The second-order valence-corrected chi connectivity index (χ2v) is 5.45. The summed E-state index contributed by atoms with van der Waals surface area (Å²) in [6, 6.07) is 11.7. The number of aryl methyl sites for hydroxylation is 2. The lowest BCUT2D eigenvalue weighted by Crippen LogP contribution is -2.13. The molecule has 0 spiro atoms. The summed E-state index contributed by atoms with van der Waals surface area (Å²) in [6.45, 7) is 6.25. The molecule has 0 fully saturated rings. The molecule has 4 heteroatoms. The normalized spacial score (nSPS) is 10.3. The van der Waals surface area contributed by atoms with Gasteiger partial charge in [-0.1, -0.05) is 36.8 Å². The Morgan fingerprint density at radius 2 is 1.91 bits per heavy atom. The molecule has 1 N–H and O–H groups in total. The molecule has 0 saturated carbocycles. The van der Waals surface area contributed by atoms with E-state index in [1.54, 1.807) is 7.11 Å². The van der Waals surface area contributed by atoms with Crippen molar-refractivity contribution in [1.29, 1.82) is 0 Å². The number of carbonyl (C=O) groups is 1. The van der Waals surface area contributed by atoms with Gasteiger partial charge in [0.1, 0.15) is 18.1 Å². The first-order valence-electron chi connectivity index (χ1n) is 7.71. The molecule has 23 heavy (non-hydrogen) atoms. The van der Waals surface area contributed by atoms with E-state index < -0.39 is 0 Å². The van der Waals surface area contributed by atoms with E-state index in [-0.39, 0.29) is 5.91 Å². The quantitative estimate of drug-likeness (QED) is 0.867. The number of anilines is 1. The van der Waals surface area contributed by atoms with Gasteiger partial charge in [0, 0.05) is 12.0 Å². The van der Waals surface area contributed by atoms with E-state index in [0.717, 1.165) is 16.9 Å². The minimum atomic E-state index is -0.0535. The zero-order valence-electron chi connectivity index (χ0n) is 14.1. The summed E-state index contributed by atoms with van der Waals surface area (Å²) in [5, 5.41) is 2.90. The first-order valence-corrected chi connectivity index (χ1v) is 7.71. The maximum atomic E-state index is 11.8. The number of amides is 1. The summed E-state index contributed by atoms with van der Waals surface area (Å²) >= 11 is 0. The summed E-state index contributed by atoms with van der Waals surface area (Å²) in [5.74, 6) is 1.42. The average molecular weight is 313 g/mol. The highest BCUT2D eigenvalue weighted by Gasteiger charge is 2.12. The molecule has 0 radical (unpaired) electrons. The van der Waals surface area contributed by atoms with E-state index in [4.69, 9.17) is 9.47 Å². The second kappa shape index (κ2) is 7.68.